The van der Waals surface area contributed by atoms with Crippen molar-refractivity contribution < 1.29 is 28.7 Å². The number of hydrogen-bond donors (Lipinski definition) is 3. The van der Waals surface area contributed by atoms with Gasteiger partial charge in [0.05, 0.1) is 24.0 Å². The van der Waals surface area contributed by atoms with Gasteiger partial charge in [0.2, 0.25) is 11.8 Å². The van der Waals surface area contributed by atoms with Crippen LogP contribution in [-0.4, -0.2) is 91.9 Å². The summed E-state index contributed by atoms with van der Waals surface area (Å²) in [6.07, 6.45) is 6.51. The number of nitrogens with one attached hydrogen (secondary N) is 3. The van der Waals surface area contributed by atoms with Gasteiger partial charge in [0.1, 0.15) is 29.1 Å². The molecule has 56 heavy (non-hydrogen) atoms. The van der Waals surface area contributed by atoms with Crippen LogP contribution in [0.1, 0.15) is 105 Å². The molecule has 0 bridgehead atoms. The molecule has 0 radical (unpaired) electrons. The standard InChI is InChI=1S/C43H55N7O6/c1-26(46-40(53)55-42(3,4)5)38(51)49-21-9-11-35(49)33-23-32(24-44-33)30-15-13-28(14-16-30)29-17-19-31(20-18-29)34-25-45-37(48-34)36-12-10-22-50(36)39(52)27(2)47-41(54)56-43(6,7)8/h13-20,24-27,35-36H,9-12,21-23H2,1-8H3,(H,45,48)(H,46,53)(H,47,54)/t26-,27-,35-,36?/m0/s1. The molecule has 3 aliphatic rings. The summed E-state index contributed by atoms with van der Waals surface area (Å²) in [7, 11) is 0. The van der Waals surface area contributed by atoms with Gasteiger partial charge in [0, 0.05) is 31.4 Å². The Kier molecular flexibility index (Phi) is 11.7. The van der Waals surface area contributed by atoms with Crippen molar-refractivity contribution in [3.05, 3.63) is 72.3 Å². The number of carbonyl (C=O) groups is 4. The minimum Gasteiger partial charge on any atom is -0.444 e. The largest absolute Gasteiger partial charge is 0.444 e. The molecule has 6 rings (SSSR count). The van der Waals surface area contributed by atoms with E-state index in [1.807, 2.05) is 11.1 Å². The number of hydrogen-bond acceptors (Lipinski definition) is 8. The number of imidazole rings is 1. The average molecular weight is 766 g/mol. The minimum absolute atomic E-state index is 0.0979. The lowest BCUT2D eigenvalue weighted by Crippen LogP contribution is -2.51. The van der Waals surface area contributed by atoms with Crippen molar-refractivity contribution in [1.29, 1.82) is 0 Å². The first-order chi connectivity index (χ1) is 26.5. The molecule has 3 aromatic rings. The first-order valence-electron chi connectivity index (χ1n) is 19.6. The maximum atomic E-state index is 13.4. The second kappa shape index (κ2) is 16.3. The number of likely N-dealkylation sites (tertiary alicyclic amines) is 2. The zero-order valence-corrected chi connectivity index (χ0v) is 33.8. The van der Waals surface area contributed by atoms with E-state index < -0.39 is 35.5 Å². The van der Waals surface area contributed by atoms with E-state index in [1.54, 1.807) is 66.5 Å². The summed E-state index contributed by atoms with van der Waals surface area (Å²) < 4.78 is 10.7. The predicted octanol–water partition coefficient (Wildman–Crippen LogP) is 7.41. The molecule has 3 N–H and O–H groups in total. The van der Waals surface area contributed by atoms with Crippen molar-refractivity contribution in [2.24, 2.45) is 4.99 Å². The van der Waals surface area contributed by atoms with Gasteiger partial charge >= 0.3 is 12.2 Å². The topological polar surface area (TPSA) is 158 Å². The Hall–Kier alpha value is -5.46. The van der Waals surface area contributed by atoms with E-state index in [9.17, 15) is 19.2 Å². The van der Waals surface area contributed by atoms with Gasteiger partial charge in [-0.15, -0.1) is 0 Å². The Bertz CT molecular complexity index is 1990. The van der Waals surface area contributed by atoms with Gasteiger partial charge in [-0.1, -0.05) is 48.5 Å². The van der Waals surface area contributed by atoms with Gasteiger partial charge < -0.3 is 34.9 Å². The molecule has 1 aromatic heterocycles. The zero-order chi connectivity index (χ0) is 40.4. The fourth-order valence-electron chi connectivity index (χ4n) is 7.48. The molecule has 13 heteroatoms. The Morgan fingerprint density at radius 3 is 1.70 bits per heavy atom. The summed E-state index contributed by atoms with van der Waals surface area (Å²) in [5.74, 6) is 0.420. The fourth-order valence-corrected chi connectivity index (χ4v) is 7.48. The molecule has 0 spiro atoms. The Morgan fingerprint density at radius 2 is 1.18 bits per heavy atom. The molecule has 2 saturated heterocycles. The van der Waals surface area contributed by atoms with Gasteiger partial charge in [0.25, 0.3) is 0 Å². The number of ether oxygens (including phenoxy) is 2. The molecule has 0 aliphatic carbocycles. The van der Waals surface area contributed by atoms with Gasteiger partial charge in [-0.3, -0.25) is 14.6 Å². The van der Waals surface area contributed by atoms with Crippen LogP contribution in [0.4, 0.5) is 9.59 Å². The van der Waals surface area contributed by atoms with Crippen LogP contribution >= 0.6 is 0 Å². The number of rotatable bonds is 9. The zero-order valence-electron chi connectivity index (χ0n) is 33.8. The van der Waals surface area contributed by atoms with E-state index in [2.05, 4.69) is 69.1 Å². The highest BCUT2D eigenvalue weighted by molar-refractivity contribution is 6.03. The van der Waals surface area contributed by atoms with E-state index in [0.29, 0.717) is 19.5 Å². The van der Waals surface area contributed by atoms with Gasteiger partial charge in [-0.2, -0.15) is 0 Å². The molecule has 0 saturated carbocycles. The third-order valence-electron chi connectivity index (χ3n) is 10.1. The summed E-state index contributed by atoms with van der Waals surface area (Å²) in [5, 5.41) is 5.35. The highest BCUT2D eigenvalue weighted by Gasteiger charge is 2.37. The third kappa shape index (κ3) is 9.66. The van der Waals surface area contributed by atoms with Crippen LogP contribution in [0.25, 0.3) is 28.0 Å². The normalized spacial score (nSPS) is 19.6. The van der Waals surface area contributed by atoms with Crippen LogP contribution < -0.4 is 10.6 Å². The number of nitrogens with zero attached hydrogens (tertiary/aromatic N) is 4. The number of carbonyl (C=O) groups excluding carboxylic acids is 4. The van der Waals surface area contributed by atoms with Crippen LogP contribution in [0.3, 0.4) is 0 Å². The van der Waals surface area contributed by atoms with Crippen molar-refractivity contribution in [3.63, 3.8) is 0 Å². The highest BCUT2D eigenvalue weighted by Crippen LogP contribution is 2.34. The molecule has 4 heterocycles. The second-order valence-corrected chi connectivity index (χ2v) is 16.9. The summed E-state index contributed by atoms with van der Waals surface area (Å²) >= 11 is 0. The lowest BCUT2D eigenvalue weighted by Gasteiger charge is -2.29. The van der Waals surface area contributed by atoms with Gasteiger partial charge in [-0.05, 0) is 109 Å². The van der Waals surface area contributed by atoms with E-state index in [4.69, 9.17) is 14.5 Å². The van der Waals surface area contributed by atoms with Crippen LogP contribution in [0.15, 0.2) is 65.9 Å². The number of aromatic amines is 1. The van der Waals surface area contributed by atoms with Gasteiger partial charge in [-0.25, -0.2) is 14.6 Å². The molecular weight excluding hydrogens is 711 g/mol. The van der Waals surface area contributed by atoms with Crippen LogP contribution in [-0.2, 0) is 19.1 Å². The van der Waals surface area contributed by atoms with Gasteiger partial charge in [0.15, 0.2) is 0 Å². The number of aliphatic imine (C=N–C) groups is 1. The van der Waals surface area contributed by atoms with E-state index in [0.717, 1.165) is 70.7 Å². The quantitative estimate of drug-likeness (QED) is 0.205. The summed E-state index contributed by atoms with van der Waals surface area (Å²) in [6, 6.07) is 15.0. The maximum Gasteiger partial charge on any atom is 0.408 e. The van der Waals surface area contributed by atoms with Crippen molar-refractivity contribution in [3.8, 4) is 22.4 Å². The summed E-state index contributed by atoms with van der Waals surface area (Å²) in [6.45, 7) is 15.3. The monoisotopic (exact) mass is 765 g/mol. The lowest BCUT2D eigenvalue weighted by atomic mass is 9.96. The number of aromatic nitrogens is 2. The smallest absolute Gasteiger partial charge is 0.408 e. The second-order valence-electron chi connectivity index (χ2n) is 16.9. The summed E-state index contributed by atoms with van der Waals surface area (Å²) in [5.41, 5.74) is 5.86. The first kappa shape index (κ1) is 40.2. The molecular formula is C43H55N7O6. The molecule has 2 aromatic carbocycles. The van der Waals surface area contributed by atoms with E-state index in [-0.39, 0.29) is 23.9 Å². The molecule has 4 atom stereocenters. The molecule has 13 nitrogen and oxygen atoms in total. The Morgan fingerprint density at radius 1 is 0.714 bits per heavy atom. The molecule has 2 fully saturated rings. The minimum atomic E-state index is -0.728. The van der Waals surface area contributed by atoms with E-state index in [1.165, 1.54) is 0 Å². The highest BCUT2D eigenvalue weighted by atomic mass is 16.6. The Labute approximate surface area is 329 Å². The number of benzene rings is 2. The van der Waals surface area contributed by atoms with E-state index >= 15 is 0 Å². The van der Waals surface area contributed by atoms with Crippen molar-refractivity contribution >= 4 is 35.3 Å². The Balaban J connectivity index is 1.03. The molecule has 4 amide bonds. The number of H-pyrrole nitrogens is 1. The maximum absolute atomic E-state index is 13.4. The first-order valence-corrected chi connectivity index (χ1v) is 19.6. The van der Waals surface area contributed by atoms with Crippen LogP contribution in [0.2, 0.25) is 0 Å². The van der Waals surface area contributed by atoms with Crippen LogP contribution in [0, 0.1) is 0 Å². The van der Waals surface area contributed by atoms with Crippen LogP contribution in [0.5, 0.6) is 0 Å². The average Bonchev–Trinajstić information content (AvgIpc) is 3.96. The molecule has 1 unspecified atom stereocenters. The number of allylic oxidation sites excluding steroid dienone is 1. The fraction of sp³-hybridized carbons (Fsp3) is 0.488. The lowest BCUT2D eigenvalue weighted by molar-refractivity contribution is -0.134. The molecule has 3 aliphatic heterocycles. The number of alkyl carbamates (subject to hydrolysis) is 2. The van der Waals surface area contributed by atoms with Crippen molar-refractivity contribution in [1.82, 2.24) is 30.4 Å². The van der Waals surface area contributed by atoms with Crippen molar-refractivity contribution in [2.45, 2.75) is 123 Å². The summed E-state index contributed by atoms with van der Waals surface area (Å²) in [4.78, 5) is 67.7. The number of amides is 4. The third-order valence-corrected chi connectivity index (χ3v) is 10.1. The predicted molar refractivity (Wildman–Crippen MR) is 216 cm³/mol. The SMILES string of the molecule is C[C@H](NC(=O)OC(C)(C)C)C(=O)N1CCCC1c1ncc(-c2ccc(-c3ccc(C4=CN=C([C@@H]5CCCN5C(=O)[C@H](C)NC(=O)OC(C)(C)C)C4)cc3)cc2)[nH]1. The van der Waals surface area contributed by atoms with Crippen molar-refractivity contribution in [2.75, 3.05) is 13.1 Å². The molecule has 298 valence electrons.